The normalized spacial score (nSPS) is 19.3. The van der Waals surface area contributed by atoms with Gasteiger partial charge in [-0.05, 0) is 43.4 Å². The minimum Gasteiger partial charge on any atom is -0.268 e. The standard InChI is InChI=1S/C17H21N3O3S/c1-12-4-3-9-20(11-12)24(22,23)16-10-14(6-5-13(16)2)15-7-8-17(21)19-18-15/h5-8,10,12H,3-4,9,11H2,1-2H3,(H,19,21)/t12-/m1/s1. The molecule has 1 atom stereocenters. The average molecular weight is 347 g/mol. The number of aromatic nitrogens is 2. The number of hydrogen-bond donors (Lipinski definition) is 1. The molecule has 0 bridgehead atoms. The molecule has 1 fully saturated rings. The van der Waals surface area contributed by atoms with Crippen molar-refractivity contribution in [3.8, 4) is 11.3 Å². The minimum absolute atomic E-state index is 0.291. The lowest BCUT2D eigenvalue weighted by molar-refractivity contribution is 0.281. The van der Waals surface area contributed by atoms with Gasteiger partial charge in [-0.1, -0.05) is 19.1 Å². The minimum atomic E-state index is -3.53. The van der Waals surface area contributed by atoms with Gasteiger partial charge in [-0.25, -0.2) is 13.5 Å². The third kappa shape index (κ3) is 3.27. The zero-order valence-corrected chi connectivity index (χ0v) is 14.6. The van der Waals surface area contributed by atoms with E-state index in [1.807, 2.05) is 6.07 Å². The Labute approximate surface area is 141 Å². The Morgan fingerprint density at radius 1 is 1.25 bits per heavy atom. The molecule has 0 unspecified atom stereocenters. The van der Waals surface area contributed by atoms with Crippen LogP contribution >= 0.6 is 0 Å². The number of aryl methyl sites for hydroxylation is 1. The molecule has 1 aromatic heterocycles. The van der Waals surface area contributed by atoms with E-state index >= 15 is 0 Å². The maximum Gasteiger partial charge on any atom is 0.264 e. The summed E-state index contributed by atoms with van der Waals surface area (Å²) in [4.78, 5) is 11.5. The summed E-state index contributed by atoms with van der Waals surface area (Å²) in [5.74, 6) is 0.373. The molecule has 6 nitrogen and oxygen atoms in total. The first-order valence-electron chi connectivity index (χ1n) is 8.05. The van der Waals surface area contributed by atoms with E-state index in [1.165, 1.54) is 6.07 Å². The lowest BCUT2D eigenvalue weighted by Crippen LogP contribution is -2.39. The van der Waals surface area contributed by atoms with Crippen LogP contribution in [-0.4, -0.2) is 36.0 Å². The summed E-state index contributed by atoms with van der Waals surface area (Å²) in [6, 6.07) is 8.20. The summed E-state index contributed by atoms with van der Waals surface area (Å²) in [7, 11) is -3.53. The highest BCUT2D eigenvalue weighted by Crippen LogP contribution is 2.28. The molecule has 1 saturated heterocycles. The number of sulfonamides is 1. The topological polar surface area (TPSA) is 83.1 Å². The van der Waals surface area contributed by atoms with Crippen LogP contribution in [0.4, 0.5) is 0 Å². The quantitative estimate of drug-likeness (QED) is 0.922. The summed E-state index contributed by atoms with van der Waals surface area (Å²) in [5.41, 5.74) is 1.63. The van der Waals surface area contributed by atoms with Crippen LogP contribution in [0.1, 0.15) is 25.3 Å². The van der Waals surface area contributed by atoms with E-state index < -0.39 is 10.0 Å². The molecule has 0 spiro atoms. The number of piperidine rings is 1. The molecular weight excluding hydrogens is 326 g/mol. The van der Waals surface area contributed by atoms with E-state index in [0.717, 1.165) is 12.8 Å². The van der Waals surface area contributed by atoms with Crippen LogP contribution in [0.15, 0.2) is 40.0 Å². The van der Waals surface area contributed by atoms with Gasteiger partial charge < -0.3 is 0 Å². The summed E-state index contributed by atoms with van der Waals surface area (Å²) < 4.78 is 27.7. The van der Waals surface area contributed by atoms with Crippen molar-refractivity contribution in [3.63, 3.8) is 0 Å². The van der Waals surface area contributed by atoms with Gasteiger partial charge in [0, 0.05) is 24.7 Å². The number of rotatable bonds is 3. The lowest BCUT2D eigenvalue weighted by Gasteiger charge is -2.30. The van der Waals surface area contributed by atoms with E-state index in [9.17, 15) is 13.2 Å². The van der Waals surface area contributed by atoms with Crippen LogP contribution in [-0.2, 0) is 10.0 Å². The predicted molar refractivity (Wildman–Crippen MR) is 92.2 cm³/mol. The molecule has 7 heteroatoms. The first-order chi connectivity index (χ1) is 11.4. The largest absolute Gasteiger partial charge is 0.268 e. The summed E-state index contributed by atoms with van der Waals surface area (Å²) >= 11 is 0. The van der Waals surface area contributed by atoms with Crippen LogP contribution in [0.25, 0.3) is 11.3 Å². The molecule has 1 aliphatic heterocycles. The van der Waals surface area contributed by atoms with Crippen molar-refractivity contribution >= 4 is 10.0 Å². The van der Waals surface area contributed by atoms with Crippen molar-refractivity contribution in [3.05, 3.63) is 46.2 Å². The fourth-order valence-electron chi connectivity index (χ4n) is 3.05. The zero-order valence-electron chi connectivity index (χ0n) is 13.8. The number of H-pyrrole nitrogens is 1. The summed E-state index contributed by atoms with van der Waals surface area (Å²) in [6.45, 7) is 5.00. The molecule has 0 radical (unpaired) electrons. The van der Waals surface area contributed by atoms with Crippen molar-refractivity contribution in [1.82, 2.24) is 14.5 Å². The third-order valence-electron chi connectivity index (χ3n) is 4.40. The van der Waals surface area contributed by atoms with E-state index in [0.29, 0.717) is 40.7 Å². The van der Waals surface area contributed by atoms with E-state index in [4.69, 9.17) is 0 Å². The van der Waals surface area contributed by atoms with Crippen molar-refractivity contribution in [2.45, 2.75) is 31.6 Å². The molecule has 128 valence electrons. The molecule has 2 heterocycles. The summed E-state index contributed by atoms with van der Waals surface area (Å²) in [5, 5.41) is 6.35. The third-order valence-corrected chi connectivity index (χ3v) is 6.41. The van der Waals surface area contributed by atoms with Gasteiger partial charge in [-0.15, -0.1) is 0 Å². The van der Waals surface area contributed by atoms with Gasteiger partial charge >= 0.3 is 0 Å². The molecule has 3 rings (SSSR count). The van der Waals surface area contributed by atoms with Crippen LogP contribution in [0.5, 0.6) is 0 Å². The SMILES string of the molecule is Cc1ccc(-c2ccc(=O)[nH]n2)cc1S(=O)(=O)N1CCC[C@@H](C)C1. The first-order valence-corrected chi connectivity index (χ1v) is 9.49. The number of benzene rings is 1. The van der Waals surface area contributed by atoms with E-state index in [1.54, 1.807) is 29.4 Å². The fourth-order valence-corrected chi connectivity index (χ4v) is 4.90. The van der Waals surface area contributed by atoms with Gasteiger partial charge in [0.15, 0.2) is 0 Å². The number of hydrogen-bond acceptors (Lipinski definition) is 4. The second-order valence-corrected chi connectivity index (χ2v) is 8.30. The second-order valence-electron chi connectivity index (χ2n) is 6.40. The molecule has 1 aromatic carbocycles. The number of aromatic amines is 1. The zero-order chi connectivity index (χ0) is 17.3. The van der Waals surface area contributed by atoms with Crippen molar-refractivity contribution in [2.24, 2.45) is 5.92 Å². The molecule has 0 aliphatic carbocycles. The van der Waals surface area contributed by atoms with Crippen LogP contribution in [0, 0.1) is 12.8 Å². The summed E-state index contributed by atoms with van der Waals surface area (Å²) in [6.07, 6.45) is 1.95. The fraction of sp³-hybridized carbons (Fsp3) is 0.412. The van der Waals surface area contributed by atoms with Gasteiger partial charge in [0.05, 0.1) is 10.6 Å². The van der Waals surface area contributed by atoms with E-state index in [2.05, 4.69) is 17.1 Å². The van der Waals surface area contributed by atoms with Crippen molar-refractivity contribution in [1.29, 1.82) is 0 Å². The highest BCUT2D eigenvalue weighted by Gasteiger charge is 2.30. The Morgan fingerprint density at radius 3 is 2.71 bits per heavy atom. The van der Waals surface area contributed by atoms with Crippen molar-refractivity contribution < 1.29 is 8.42 Å². The highest BCUT2D eigenvalue weighted by molar-refractivity contribution is 7.89. The molecule has 24 heavy (non-hydrogen) atoms. The van der Waals surface area contributed by atoms with Gasteiger partial charge in [-0.3, -0.25) is 4.79 Å². The van der Waals surface area contributed by atoms with Gasteiger partial charge in [-0.2, -0.15) is 9.40 Å². The van der Waals surface area contributed by atoms with Gasteiger partial charge in [0.1, 0.15) is 0 Å². The second kappa shape index (κ2) is 6.49. The van der Waals surface area contributed by atoms with E-state index in [-0.39, 0.29) is 5.56 Å². The molecule has 1 aliphatic rings. The van der Waals surface area contributed by atoms with Crippen molar-refractivity contribution in [2.75, 3.05) is 13.1 Å². The highest BCUT2D eigenvalue weighted by atomic mass is 32.2. The maximum atomic E-state index is 13.0. The Hall–Kier alpha value is -1.99. The lowest BCUT2D eigenvalue weighted by atomic mass is 10.0. The number of nitrogens with zero attached hydrogens (tertiary/aromatic N) is 2. The first kappa shape index (κ1) is 16.9. The Morgan fingerprint density at radius 2 is 2.04 bits per heavy atom. The van der Waals surface area contributed by atoms with Gasteiger partial charge in [0.25, 0.3) is 5.56 Å². The van der Waals surface area contributed by atoms with Crippen LogP contribution < -0.4 is 5.56 Å². The molecule has 1 N–H and O–H groups in total. The Bertz CT molecular complexity index is 885. The Kier molecular flexibility index (Phi) is 4.56. The molecule has 2 aromatic rings. The monoisotopic (exact) mass is 347 g/mol. The smallest absolute Gasteiger partial charge is 0.264 e. The molecule has 0 amide bonds. The van der Waals surface area contributed by atoms with Crippen LogP contribution in [0.2, 0.25) is 0 Å². The average Bonchev–Trinajstić information content (AvgIpc) is 2.56. The van der Waals surface area contributed by atoms with Crippen LogP contribution in [0.3, 0.4) is 0 Å². The predicted octanol–water partition coefficient (Wildman–Crippen LogP) is 2.17. The molecule has 0 saturated carbocycles. The van der Waals surface area contributed by atoms with Gasteiger partial charge in [0.2, 0.25) is 10.0 Å². The number of nitrogens with one attached hydrogen (secondary N) is 1. The maximum absolute atomic E-state index is 13.0. The Balaban J connectivity index is 2.02. The molecular formula is C17H21N3O3S.